The van der Waals surface area contributed by atoms with E-state index in [1.165, 1.54) is 0 Å². The Morgan fingerprint density at radius 3 is 1.28 bits per heavy atom. The van der Waals surface area contributed by atoms with Gasteiger partial charge >= 0.3 is 0 Å². The zero-order chi connectivity index (χ0) is 42.4. The lowest BCUT2D eigenvalue weighted by atomic mass is 10.3. The highest BCUT2D eigenvalue weighted by Crippen LogP contribution is 1.96. The largest absolute Gasteiger partial charge is 0.382 e. The van der Waals surface area contributed by atoms with Gasteiger partial charge in [-0.05, 0) is 19.8 Å². The van der Waals surface area contributed by atoms with Crippen LogP contribution in [0.25, 0.3) is 0 Å². The molecule has 3 N–H and O–H groups in total. The van der Waals surface area contributed by atoms with Gasteiger partial charge in [0.2, 0.25) is 17.7 Å². The van der Waals surface area contributed by atoms with Crippen LogP contribution in [0, 0.1) is 0 Å². The van der Waals surface area contributed by atoms with E-state index in [1.807, 2.05) is 13.8 Å². The quantitative estimate of drug-likeness (QED) is 0.0715. The predicted molar refractivity (Wildman–Crippen MR) is 214 cm³/mol. The number of ether oxygens (including phenoxy) is 13. The van der Waals surface area contributed by atoms with Crippen molar-refractivity contribution in [1.29, 1.82) is 0 Å². The van der Waals surface area contributed by atoms with E-state index in [2.05, 4.69) is 22.9 Å². The van der Waals surface area contributed by atoms with Gasteiger partial charge in [0, 0.05) is 39.6 Å². The summed E-state index contributed by atoms with van der Waals surface area (Å²) in [6, 6.07) is -0.535. The van der Waals surface area contributed by atoms with Crippen molar-refractivity contribution in [3.05, 3.63) is 0 Å². The Morgan fingerprint density at radius 2 is 0.845 bits per heavy atom. The Labute approximate surface area is 346 Å². The fraction of sp³-hybridized carbons (Fsp3) is 0.923. The Kier molecular flexibility index (Phi) is 44.3. The van der Waals surface area contributed by atoms with Gasteiger partial charge in [-0.3, -0.25) is 14.4 Å². The van der Waals surface area contributed by atoms with Crippen LogP contribution in [0.5, 0.6) is 0 Å². The molecule has 344 valence electrons. The van der Waals surface area contributed by atoms with Gasteiger partial charge in [-0.2, -0.15) is 0 Å². The Morgan fingerprint density at radius 1 is 0.448 bits per heavy atom. The maximum atomic E-state index is 12.6. The molecule has 0 aliphatic heterocycles. The number of carbonyl (C=O) groups is 3. The summed E-state index contributed by atoms with van der Waals surface area (Å²) < 4.78 is 70.7. The molecule has 0 radical (unpaired) electrons. The van der Waals surface area contributed by atoms with Crippen LogP contribution < -0.4 is 16.0 Å². The second-order valence-corrected chi connectivity index (χ2v) is 12.6. The fourth-order valence-corrected chi connectivity index (χ4v) is 4.28. The number of amides is 3. The fourth-order valence-electron chi connectivity index (χ4n) is 4.28. The van der Waals surface area contributed by atoms with Gasteiger partial charge in [0.25, 0.3) is 0 Å². The molecule has 0 heterocycles. The molecule has 0 aromatic rings. The minimum Gasteiger partial charge on any atom is -0.382 e. The van der Waals surface area contributed by atoms with E-state index in [0.29, 0.717) is 132 Å². The van der Waals surface area contributed by atoms with Gasteiger partial charge in [-0.1, -0.05) is 13.8 Å². The first-order valence-electron chi connectivity index (χ1n) is 20.7. The van der Waals surface area contributed by atoms with Crippen molar-refractivity contribution in [3.63, 3.8) is 0 Å². The average molecular weight is 844 g/mol. The standard InChI is InChI=1S/C39H77N3O16/c1-5-11-47-18-21-53-28-29-57-34-39(45)42-36(32-55-12-7-37(43)40-9-14-48-19-22-51-25-24-50-17-16-46-4)33-56-13-8-38(44)41-10-15-49-20-23-52-26-27-54-30-31-58-35(3)6-2/h35-36H,5-34H2,1-4H3,(H,40,43)(H,41,44)(H,42,45). The van der Waals surface area contributed by atoms with Crippen molar-refractivity contribution < 1.29 is 76.0 Å². The average Bonchev–Trinajstić information content (AvgIpc) is 3.22. The van der Waals surface area contributed by atoms with Crippen LogP contribution >= 0.6 is 0 Å². The molecule has 0 aromatic carbocycles. The topological polar surface area (TPSA) is 207 Å². The molecule has 0 saturated heterocycles. The Bertz CT molecular complexity index is 911. The van der Waals surface area contributed by atoms with Crippen molar-refractivity contribution in [2.45, 2.75) is 58.6 Å². The second-order valence-electron chi connectivity index (χ2n) is 12.6. The molecule has 3 amide bonds. The number of hydrogen-bond acceptors (Lipinski definition) is 16. The van der Waals surface area contributed by atoms with Crippen molar-refractivity contribution >= 4 is 17.7 Å². The molecule has 0 rings (SSSR count). The highest BCUT2D eigenvalue weighted by Gasteiger charge is 2.15. The molecule has 0 saturated carbocycles. The maximum absolute atomic E-state index is 12.6. The van der Waals surface area contributed by atoms with Gasteiger partial charge in [0.05, 0.1) is 157 Å². The van der Waals surface area contributed by atoms with Crippen molar-refractivity contribution in [2.24, 2.45) is 0 Å². The molecule has 2 unspecified atom stereocenters. The summed E-state index contributed by atoms with van der Waals surface area (Å²) in [7, 11) is 1.62. The molecule has 2 atom stereocenters. The van der Waals surface area contributed by atoms with Gasteiger partial charge in [-0.15, -0.1) is 0 Å². The SMILES string of the molecule is CCCOCCOCCOCC(=O)NC(COCCC(=O)NCCOCCOCCOCCOC)COCCC(=O)NCCOCCOCCOCCOC(C)CC. The minimum absolute atomic E-state index is 0.0912. The summed E-state index contributed by atoms with van der Waals surface area (Å²) in [5.41, 5.74) is 0. The third-order valence-corrected chi connectivity index (χ3v) is 7.54. The van der Waals surface area contributed by atoms with Gasteiger partial charge in [0.15, 0.2) is 0 Å². The van der Waals surface area contributed by atoms with E-state index in [4.69, 9.17) is 61.6 Å². The lowest BCUT2D eigenvalue weighted by Crippen LogP contribution is -2.43. The highest BCUT2D eigenvalue weighted by molar-refractivity contribution is 5.77. The van der Waals surface area contributed by atoms with Crippen LogP contribution in [0.15, 0.2) is 0 Å². The van der Waals surface area contributed by atoms with E-state index < -0.39 is 6.04 Å². The summed E-state index contributed by atoms with van der Waals surface area (Å²) in [5.74, 6) is -0.744. The molecule has 19 nitrogen and oxygen atoms in total. The van der Waals surface area contributed by atoms with Gasteiger partial charge in [-0.25, -0.2) is 0 Å². The number of carbonyl (C=O) groups excluding carboxylic acids is 3. The van der Waals surface area contributed by atoms with Crippen molar-refractivity contribution in [1.82, 2.24) is 16.0 Å². The molecule has 0 fully saturated rings. The number of methoxy groups -OCH3 is 1. The summed E-state index contributed by atoms with van der Waals surface area (Å²) in [5, 5.41) is 8.39. The van der Waals surface area contributed by atoms with E-state index >= 15 is 0 Å². The van der Waals surface area contributed by atoms with E-state index in [-0.39, 0.29) is 76.3 Å². The van der Waals surface area contributed by atoms with Crippen molar-refractivity contribution in [3.8, 4) is 0 Å². The molecular weight excluding hydrogens is 766 g/mol. The first-order valence-corrected chi connectivity index (χ1v) is 20.7. The maximum Gasteiger partial charge on any atom is 0.246 e. The number of hydrogen-bond donors (Lipinski definition) is 3. The van der Waals surface area contributed by atoms with E-state index in [0.717, 1.165) is 12.8 Å². The van der Waals surface area contributed by atoms with Crippen LogP contribution in [0.2, 0.25) is 0 Å². The third kappa shape index (κ3) is 43.5. The molecule has 0 aromatic heterocycles. The summed E-state index contributed by atoms with van der Waals surface area (Å²) in [6.07, 6.45) is 2.41. The van der Waals surface area contributed by atoms with Gasteiger partial charge < -0.3 is 77.5 Å². The van der Waals surface area contributed by atoms with Crippen molar-refractivity contribution in [2.75, 3.05) is 179 Å². The first-order chi connectivity index (χ1) is 28.4. The second kappa shape index (κ2) is 46.0. The lowest BCUT2D eigenvalue weighted by Gasteiger charge is -2.19. The van der Waals surface area contributed by atoms with Crippen LogP contribution in [-0.2, 0) is 76.0 Å². The Hall–Kier alpha value is -2.11. The molecule has 0 bridgehead atoms. The minimum atomic E-state index is -0.535. The predicted octanol–water partition coefficient (Wildman–Crippen LogP) is 0.538. The normalized spacial score (nSPS) is 12.4. The Balaban J connectivity index is 4.21. The highest BCUT2D eigenvalue weighted by atomic mass is 16.6. The third-order valence-electron chi connectivity index (χ3n) is 7.54. The molecular formula is C39H77N3O16. The smallest absolute Gasteiger partial charge is 0.246 e. The summed E-state index contributed by atoms with van der Waals surface area (Å²) in [6.45, 7) is 15.8. The zero-order valence-corrected chi connectivity index (χ0v) is 35.9. The van der Waals surface area contributed by atoms with Crippen LogP contribution in [0.4, 0.5) is 0 Å². The molecule has 0 aliphatic carbocycles. The monoisotopic (exact) mass is 844 g/mol. The van der Waals surface area contributed by atoms with Crippen LogP contribution in [0.1, 0.15) is 46.5 Å². The molecule has 19 heteroatoms. The van der Waals surface area contributed by atoms with E-state index in [9.17, 15) is 14.4 Å². The molecule has 0 spiro atoms. The van der Waals surface area contributed by atoms with E-state index in [1.54, 1.807) is 7.11 Å². The van der Waals surface area contributed by atoms with Gasteiger partial charge in [0.1, 0.15) is 6.61 Å². The first kappa shape index (κ1) is 55.9. The van der Waals surface area contributed by atoms with Crippen LogP contribution in [0.3, 0.4) is 0 Å². The molecule has 58 heavy (non-hydrogen) atoms. The number of nitrogens with one attached hydrogen (secondary N) is 3. The molecule has 0 aliphatic rings. The van der Waals surface area contributed by atoms with Crippen LogP contribution in [-0.4, -0.2) is 209 Å². The zero-order valence-electron chi connectivity index (χ0n) is 35.9. The lowest BCUT2D eigenvalue weighted by molar-refractivity contribution is -0.129. The summed E-state index contributed by atoms with van der Waals surface area (Å²) in [4.78, 5) is 37.0. The summed E-state index contributed by atoms with van der Waals surface area (Å²) >= 11 is 0. The number of rotatable bonds is 47.